The first-order valence-corrected chi connectivity index (χ1v) is 6.88. The van der Waals surface area contributed by atoms with Gasteiger partial charge in [0.25, 0.3) is 0 Å². The molecule has 0 saturated carbocycles. The molecule has 2 aromatic rings. The first kappa shape index (κ1) is 15.2. The molecule has 3 heteroatoms. The van der Waals surface area contributed by atoms with E-state index in [-0.39, 0.29) is 5.41 Å². The zero-order chi connectivity index (χ0) is 13.6. The van der Waals surface area contributed by atoms with E-state index in [1.54, 1.807) is 12.4 Å². The number of aromatic nitrogens is 1. The largest absolute Gasteiger partial charge is 0.265 e. The van der Waals surface area contributed by atoms with Crippen LogP contribution in [0.25, 0.3) is 0 Å². The lowest BCUT2D eigenvalue weighted by atomic mass is 9.87. The highest BCUT2D eigenvalue weighted by atomic mass is 79.9. The molecule has 0 aliphatic heterocycles. The Morgan fingerprint density at radius 1 is 1.00 bits per heavy atom. The van der Waals surface area contributed by atoms with Crippen molar-refractivity contribution in [3.8, 4) is 0 Å². The smallest absolute Gasteiger partial charge is 0.0420 e. The Morgan fingerprint density at radius 3 is 1.94 bits per heavy atom. The Labute approximate surface area is 122 Å². The highest BCUT2D eigenvalue weighted by molar-refractivity contribution is 9.10. The summed E-state index contributed by atoms with van der Waals surface area (Å²) in [5.74, 6) is 0. The summed E-state index contributed by atoms with van der Waals surface area (Å²) in [7, 11) is 0. The van der Waals surface area contributed by atoms with E-state index < -0.39 is 0 Å². The van der Waals surface area contributed by atoms with Crippen LogP contribution in [0.2, 0.25) is 5.02 Å². The van der Waals surface area contributed by atoms with Gasteiger partial charge in [0.15, 0.2) is 0 Å². The topological polar surface area (TPSA) is 12.9 Å². The van der Waals surface area contributed by atoms with E-state index in [0.717, 1.165) is 9.50 Å². The minimum absolute atomic E-state index is 0.160. The van der Waals surface area contributed by atoms with Gasteiger partial charge in [-0.25, -0.2) is 0 Å². The SMILES string of the molecule is CC(C)(C)c1cc(Cl)cc(Br)c1.c1ccncc1. The van der Waals surface area contributed by atoms with E-state index in [4.69, 9.17) is 11.6 Å². The molecule has 0 saturated heterocycles. The van der Waals surface area contributed by atoms with E-state index >= 15 is 0 Å². The summed E-state index contributed by atoms with van der Waals surface area (Å²) in [4.78, 5) is 3.78. The molecule has 1 heterocycles. The molecule has 0 spiro atoms. The van der Waals surface area contributed by atoms with Crippen LogP contribution in [-0.4, -0.2) is 4.98 Å². The molecule has 1 nitrogen and oxygen atoms in total. The molecule has 1 aromatic carbocycles. The van der Waals surface area contributed by atoms with Crippen molar-refractivity contribution >= 4 is 27.5 Å². The molecule has 1 aromatic heterocycles. The molecule has 2 rings (SSSR count). The summed E-state index contributed by atoms with van der Waals surface area (Å²) in [6.45, 7) is 6.52. The summed E-state index contributed by atoms with van der Waals surface area (Å²) in [5, 5.41) is 0.786. The van der Waals surface area contributed by atoms with Crippen molar-refractivity contribution in [3.05, 3.63) is 63.9 Å². The number of hydrogen-bond donors (Lipinski definition) is 0. The Hall–Kier alpha value is -0.860. The van der Waals surface area contributed by atoms with Gasteiger partial charge in [0.05, 0.1) is 0 Å². The number of benzene rings is 1. The van der Waals surface area contributed by atoms with Gasteiger partial charge < -0.3 is 0 Å². The highest BCUT2D eigenvalue weighted by Gasteiger charge is 2.14. The third-order valence-corrected chi connectivity index (χ3v) is 2.97. The Balaban J connectivity index is 0.000000225. The van der Waals surface area contributed by atoms with Gasteiger partial charge in [-0.15, -0.1) is 0 Å². The summed E-state index contributed by atoms with van der Waals surface area (Å²) in [6.07, 6.45) is 3.50. The van der Waals surface area contributed by atoms with Gasteiger partial charge in [-0.2, -0.15) is 0 Å². The van der Waals surface area contributed by atoms with Gasteiger partial charge in [0.2, 0.25) is 0 Å². The van der Waals surface area contributed by atoms with Crippen LogP contribution in [0.3, 0.4) is 0 Å². The van der Waals surface area contributed by atoms with E-state index in [9.17, 15) is 0 Å². The Morgan fingerprint density at radius 2 is 1.61 bits per heavy atom. The Kier molecular flexibility index (Phi) is 5.83. The minimum Gasteiger partial charge on any atom is -0.265 e. The summed E-state index contributed by atoms with van der Waals surface area (Å²) < 4.78 is 1.04. The summed E-state index contributed by atoms with van der Waals surface area (Å²) in [6, 6.07) is 11.7. The van der Waals surface area contributed by atoms with E-state index in [1.165, 1.54) is 5.56 Å². The molecule has 0 aliphatic rings. The van der Waals surface area contributed by atoms with Crippen LogP contribution >= 0.6 is 27.5 Å². The standard InChI is InChI=1S/C10H12BrCl.C5H5N/c1-10(2,3)7-4-8(11)6-9(12)5-7;1-2-4-6-5-3-1/h4-6H,1-3H3;1-5H. The molecule has 0 unspecified atom stereocenters. The lowest BCUT2D eigenvalue weighted by Gasteiger charge is -2.19. The molecule has 0 aliphatic carbocycles. The predicted molar refractivity (Wildman–Crippen MR) is 82.1 cm³/mol. The zero-order valence-corrected chi connectivity index (χ0v) is 13.2. The van der Waals surface area contributed by atoms with Crippen LogP contribution in [0.5, 0.6) is 0 Å². The van der Waals surface area contributed by atoms with Crippen molar-refractivity contribution in [2.24, 2.45) is 0 Å². The first-order chi connectivity index (χ1) is 8.39. The number of nitrogens with zero attached hydrogens (tertiary/aromatic N) is 1. The Bertz CT molecular complexity index is 431. The number of rotatable bonds is 0. The van der Waals surface area contributed by atoms with Crippen LogP contribution in [-0.2, 0) is 5.41 Å². The van der Waals surface area contributed by atoms with Crippen LogP contribution in [0.4, 0.5) is 0 Å². The van der Waals surface area contributed by atoms with Crippen LogP contribution < -0.4 is 0 Å². The average molecular weight is 327 g/mol. The van der Waals surface area contributed by atoms with Gasteiger partial charge in [-0.1, -0.05) is 54.4 Å². The van der Waals surface area contributed by atoms with Gasteiger partial charge in [0, 0.05) is 21.9 Å². The van der Waals surface area contributed by atoms with Crippen LogP contribution in [0.15, 0.2) is 53.3 Å². The van der Waals surface area contributed by atoms with Gasteiger partial charge in [0.1, 0.15) is 0 Å². The number of hydrogen-bond acceptors (Lipinski definition) is 1. The molecule has 96 valence electrons. The fourth-order valence-corrected chi connectivity index (χ4v) is 2.16. The highest BCUT2D eigenvalue weighted by Crippen LogP contribution is 2.28. The van der Waals surface area contributed by atoms with Crippen molar-refractivity contribution in [1.82, 2.24) is 4.98 Å². The quantitative estimate of drug-likeness (QED) is 0.624. The molecule has 18 heavy (non-hydrogen) atoms. The van der Waals surface area contributed by atoms with Crippen molar-refractivity contribution in [2.75, 3.05) is 0 Å². The lowest BCUT2D eigenvalue weighted by molar-refractivity contribution is 0.590. The molecule has 0 amide bonds. The van der Waals surface area contributed by atoms with Crippen LogP contribution in [0, 0.1) is 0 Å². The monoisotopic (exact) mass is 325 g/mol. The fourth-order valence-electron chi connectivity index (χ4n) is 1.30. The van der Waals surface area contributed by atoms with E-state index in [1.807, 2.05) is 30.3 Å². The maximum atomic E-state index is 5.93. The molecule has 0 bridgehead atoms. The zero-order valence-electron chi connectivity index (χ0n) is 10.8. The van der Waals surface area contributed by atoms with Gasteiger partial charge in [-0.3, -0.25) is 4.98 Å². The van der Waals surface area contributed by atoms with Gasteiger partial charge in [-0.05, 0) is 41.3 Å². The maximum Gasteiger partial charge on any atom is 0.0420 e. The predicted octanol–water partition coefficient (Wildman–Crippen LogP) is 5.48. The average Bonchev–Trinajstić information content (AvgIpc) is 2.30. The third kappa shape index (κ3) is 5.65. The first-order valence-electron chi connectivity index (χ1n) is 5.71. The van der Waals surface area contributed by atoms with Crippen molar-refractivity contribution in [1.29, 1.82) is 0 Å². The molecule has 0 radical (unpaired) electrons. The second-order valence-corrected chi connectivity index (χ2v) is 6.28. The lowest BCUT2D eigenvalue weighted by Crippen LogP contribution is -2.10. The third-order valence-electron chi connectivity index (χ3n) is 2.30. The second-order valence-electron chi connectivity index (χ2n) is 4.93. The van der Waals surface area contributed by atoms with Gasteiger partial charge >= 0.3 is 0 Å². The number of pyridine rings is 1. The van der Waals surface area contributed by atoms with Crippen molar-refractivity contribution in [3.63, 3.8) is 0 Å². The number of halogens is 2. The molecule has 0 fully saturated rings. The summed E-state index contributed by atoms with van der Waals surface area (Å²) >= 11 is 9.35. The van der Waals surface area contributed by atoms with Crippen LogP contribution in [0.1, 0.15) is 26.3 Å². The molecular formula is C15H17BrClN. The summed E-state index contributed by atoms with van der Waals surface area (Å²) in [5.41, 5.74) is 1.41. The maximum absolute atomic E-state index is 5.93. The molecule has 0 atom stereocenters. The fraction of sp³-hybridized carbons (Fsp3) is 0.267. The second kappa shape index (κ2) is 6.91. The molecule has 0 N–H and O–H groups in total. The van der Waals surface area contributed by atoms with E-state index in [2.05, 4.69) is 47.8 Å². The normalized spacial score (nSPS) is 10.5. The minimum atomic E-state index is 0.160. The van der Waals surface area contributed by atoms with Crippen molar-refractivity contribution < 1.29 is 0 Å². The molecular weight excluding hydrogens is 310 g/mol. The van der Waals surface area contributed by atoms with E-state index in [0.29, 0.717) is 0 Å². The van der Waals surface area contributed by atoms with Crippen molar-refractivity contribution in [2.45, 2.75) is 26.2 Å².